The normalized spacial score (nSPS) is 11.7. The average Bonchev–Trinajstić information content (AvgIpc) is 3.01. The predicted octanol–water partition coefficient (Wildman–Crippen LogP) is 3.77. The van der Waals surface area contributed by atoms with Gasteiger partial charge in [0.25, 0.3) is 0 Å². The van der Waals surface area contributed by atoms with E-state index in [1.807, 2.05) is 42.6 Å². The van der Waals surface area contributed by atoms with Crippen LogP contribution in [0.2, 0.25) is 0 Å². The highest BCUT2D eigenvalue weighted by Crippen LogP contribution is 2.30. The second kappa shape index (κ2) is 6.14. The van der Waals surface area contributed by atoms with E-state index >= 15 is 0 Å². The molecule has 0 spiro atoms. The molecule has 3 aromatic heterocycles. The summed E-state index contributed by atoms with van der Waals surface area (Å²) in [5, 5.41) is 7.56. The van der Waals surface area contributed by atoms with Crippen LogP contribution in [0.5, 0.6) is 0 Å². The number of nitrogens with zero attached hydrogens (tertiary/aromatic N) is 4. The largest absolute Gasteiger partial charge is 0.416 e. The lowest BCUT2D eigenvalue weighted by Gasteiger charge is -2.06. The zero-order chi connectivity index (χ0) is 18.1. The molecule has 0 aliphatic heterocycles. The van der Waals surface area contributed by atoms with E-state index in [2.05, 4.69) is 15.4 Å². The second-order valence-corrected chi connectivity index (χ2v) is 5.55. The lowest BCUT2D eigenvalue weighted by atomic mass is 10.2. The van der Waals surface area contributed by atoms with E-state index in [9.17, 15) is 13.2 Å². The number of nitrogens with one attached hydrogen (secondary N) is 1. The first kappa shape index (κ1) is 16.1. The smallest absolute Gasteiger partial charge is 0.260 e. The Morgan fingerprint density at radius 1 is 0.923 bits per heavy atom. The van der Waals surface area contributed by atoms with Crippen LogP contribution >= 0.6 is 0 Å². The molecule has 5 nitrogen and oxygen atoms in total. The van der Waals surface area contributed by atoms with Gasteiger partial charge in [0.15, 0.2) is 0 Å². The summed E-state index contributed by atoms with van der Waals surface area (Å²) in [6.45, 7) is 0. The second-order valence-electron chi connectivity index (χ2n) is 5.55. The molecule has 8 heteroatoms. The Morgan fingerprint density at radius 2 is 1.69 bits per heavy atom. The fraction of sp³-hybridized carbons (Fsp3) is 0.0556. The number of hydrogen-bond acceptors (Lipinski definition) is 3. The summed E-state index contributed by atoms with van der Waals surface area (Å²) in [6.07, 6.45) is -0.881. The van der Waals surface area contributed by atoms with Crippen molar-refractivity contribution in [1.82, 2.24) is 14.8 Å². The Balaban J connectivity index is 1.73. The number of benzene rings is 1. The summed E-state index contributed by atoms with van der Waals surface area (Å²) < 4.78 is 41.6. The highest BCUT2D eigenvalue weighted by atomic mass is 19.4. The molecule has 26 heavy (non-hydrogen) atoms. The van der Waals surface area contributed by atoms with Crippen LogP contribution in [-0.2, 0) is 6.18 Å². The Hall–Kier alpha value is -3.42. The number of pyridine rings is 2. The van der Waals surface area contributed by atoms with Gasteiger partial charge in [-0.15, -0.1) is 0 Å². The van der Waals surface area contributed by atoms with Crippen molar-refractivity contribution >= 4 is 17.3 Å². The van der Waals surface area contributed by atoms with Crippen LogP contribution in [0.25, 0.3) is 11.5 Å². The SMILES string of the molecule is FC(F)(F)c1ccc(Nc2nn(-c3ccccn3)c3cccc[n+]23)cc1. The van der Waals surface area contributed by atoms with Gasteiger partial charge in [-0.2, -0.15) is 17.6 Å². The van der Waals surface area contributed by atoms with Gasteiger partial charge in [0, 0.05) is 17.4 Å². The number of rotatable bonds is 3. The quantitative estimate of drug-likeness (QED) is 0.569. The van der Waals surface area contributed by atoms with Crippen LogP contribution in [0.1, 0.15) is 5.56 Å². The van der Waals surface area contributed by atoms with Gasteiger partial charge in [0.2, 0.25) is 11.5 Å². The van der Waals surface area contributed by atoms with E-state index in [0.29, 0.717) is 17.5 Å². The van der Waals surface area contributed by atoms with E-state index in [1.54, 1.807) is 15.3 Å². The van der Waals surface area contributed by atoms with Gasteiger partial charge in [0.05, 0.1) is 17.4 Å². The van der Waals surface area contributed by atoms with Gasteiger partial charge < -0.3 is 0 Å². The average molecular weight is 356 g/mol. The van der Waals surface area contributed by atoms with Crippen molar-refractivity contribution in [1.29, 1.82) is 0 Å². The van der Waals surface area contributed by atoms with Crippen molar-refractivity contribution in [2.24, 2.45) is 0 Å². The topological polar surface area (TPSA) is 46.8 Å². The maximum Gasteiger partial charge on any atom is 0.416 e. The molecule has 3 heterocycles. The maximum absolute atomic E-state index is 12.7. The Kier molecular flexibility index (Phi) is 3.80. The van der Waals surface area contributed by atoms with Crippen molar-refractivity contribution in [2.45, 2.75) is 6.18 Å². The number of halogens is 3. The molecular weight excluding hydrogens is 343 g/mol. The maximum atomic E-state index is 12.7. The van der Waals surface area contributed by atoms with Crippen LogP contribution < -0.4 is 9.72 Å². The monoisotopic (exact) mass is 356 g/mol. The highest BCUT2D eigenvalue weighted by molar-refractivity contribution is 5.54. The van der Waals surface area contributed by atoms with Crippen molar-refractivity contribution < 1.29 is 17.6 Å². The minimum Gasteiger partial charge on any atom is -0.260 e. The van der Waals surface area contributed by atoms with Gasteiger partial charge >= 0.3 is 12.1 Å². The van der Waals surface area contributed by atoms with Crippen LogP contribution in [0.15, 0.2) is 73.1 Å². The van der Waals surface area contributed by atoms with Crippen molar-refractivity contribution in [3.05, 3.63) is 78.6 Å². The first-order valence-electron chi connectivity index (χ1n) is 7.77. The lowest BCUT2D eigenvalue weighted by Crippen LogP contribution is -2.22. The van der Waals surface area contributed by atoms with Gasteiger partial charge in [-0.3, -0.25) is 5.32 Å². The molecule has 1 N–H and O–H groups in total. The van der Waals surface area contributed by atoms with Gasteiger partial charge in [-0.25, -0.2) is 4.98 Å². The molecule has 4 aromatic rings. The summed E-state index contributed by atoms with van der Waals surface area (Å²) in [5.41, 5.74) is 0.571. The Morgan fingerprint density at radius 3 is 2.38 bits per heavy atom. The number of aromatic nitrogens is 4. The van der Waals surface area contributed by atoms with Crippen molar-refractivity contribution in [3.8, 4) is 5.82 Å². The minimum atomic E-state index is -4.36. The molecule has 0 aliphatic rings. The summed E-state index contributed by atoms with van der Waals surface area (Å²) in [7, 11) is 0. The Bertz CT molecular complexity index is 1040. The van der Waals surface area contributed by atoms with E-state index < -0.39 is 11.7 Å². The summed E-state index contributed by atoms with van der Waals surface area (Å²) in [6, 6.07) is 15.9. The van der Waals surface area contributed by atoms with Crippen LogP contribution in [0.4, 0.5) is 24.8 Å². The molecule has 0 aliphatic carbocycles. The van der Waals surface area contributed by atoms with E-state index in [0.717, 1.165) is 17.8 Å². The van der Waals surface area contributed by atoms with Crippen LogP contribution in [0, 0.1) is 0 Å². The molecule has 0 radical (unpaired) electrons. The summed E-state index contributed by atoms with van der Waals surface area (Å²) in [4.78, 5) is 4.29. The zero-order valence-electron chi connectivity index (χ0n) is 13.4. The fourth-order valence-corrected chi connectivity index (χ4v) is 2.58. The van der Waals surface area contributed by atoms with Crippen LogP contribution in [0.3, 0.4) is 0 Å². The molecule has 0 fully saturated rings. The molecule has 0 bridgehead atoms. The number of hydrogen-bond donors (Lipinski definition) is 1. The summed E-state index contributed by atoms with van der Waals surface area (Å²) >= 11 is 0. The van der Waals surface area contributed by atoms with E-state index in [4.69, 9.17) is 0 Å². The molecule has 0 saturated carbocycles. The summed E-state index contributed by atoms with van der Waals surface area (Å²) in [5.74, 6) is 1.10. The Labute approximate surface area is 146 Å². The molecule has 0 unspecified atom stereocenters. The third kappa shape index (κ3) is 2.97. The number of alkyl halides is 3. The number of anilines is 2. The van der Waals surface area contributed by atoms with Gasteiger partial charge in [-0.05, 0) is 42.5 Å². The van der Waals surface area contributed by atoms with Gasteiger partial charge in [0.1, 0.15) is 0 Å². The molecule has 0 atom stereocenters. The first-order valence-corrected chi connectivity index (χ1v) is 7.77. The molecule has 4 rings (SSSR count). The van der Waals surface area contributed by atoms with Crippen molar-refractivity contribution in [2.75, 3.05) is 5.32 Å². The first-order chi connectivity index (χ1) is 12.5. The fourth-order valence-electron chi connectivity index (χ4n) is 2.58. The molecule has 0 saturated heterocycles. The molecule has 1 aromatic carbocycles. The lowest BCUT2D eigenvalue weighted by molar-refractivity contribution is -0.496. The van der Waals surface area contributed by atoms with Crippen molar-refractivity contribution in [3.63, 3.8) is 0 Å². The molecule has 0 amide bonds. The zero-order valence-corrected chi connectivity index (χ0v) is 13.4. The molecular formula is C18H13F3N5+. The minimum absolute atomic E-state index is 0.464. The van der Waals surface area contributed by atoms with Gasteiger partial charge in [-0.1, -0.05) is 16.8 Å². The third-order valence-electron chi connectivity index (χ3n) is 3.81. The molecule has 130 valence electrons. The van der Waals surface area contributed by atoms with E-state index in [-0.39, 0.29) is 0 Å². The highest BCUT2D eigenvalue weighted by Gasteiger charge is 2.30. The van der Waals surface area contributed by atoms with Crippen LogP contribution in [-0.4, -0.2) is 14.8 Å². The third-order valence-corrected chi connectivity index (χ3v) is 3.81. The van der Waals surface area contributed by atoms with E-state index in [1.165, 1.54) is 12.1 Å². The predicted molar refractivity (Wildman–Crippen MR) is 89.2 cm³/mol. The standard InChI is InChI=1S/C18H13F3N5/c19-18(20,21)13-7-9-14(10-8-13)23-17-24-26(15-5-1-3-11-22-15)16-6-2-4-12-25(16)17/h1-12H,(H,23,24)/q+1. The number of fused-ring (bicyclic) bond motifs is 1.